The van der Waals surface area contributed by atoms with Gasteiger partial charge in [0.25, 0.3) is 5.56 Å². The molecule has 0 aliphatic heterocycles. The first-order chi connectivity index (χ1) is 9.65. The van der Waals surface area contributed by atoms with Gasteiger partial charge < -0.3 is 5.73 Å². The molecule has 0 saturated carbocycles. The molecule has 0 saturated heterocycles. The third-order valence-corrected chi connectivity index (χ3v) is 2.84. The summed E-state index contributed by atoms with van der Waals surface area (Å²) in [5.41, 5.74) is 7.63. The largest absolute Gasteiger partial charge is 0.382 e. The van der Waals surface area contributed by atoms with Crippen molar-refractivity contribution in [2.75, 3.05) is 5.73 Å². The lowest BCUT2D eigenvalue weighted by atomic mass is 10.0. The number of halogens is 1. The second kappa shape index (κ2) is 4.61. The molecule has 3 rings (SSSR count). The minimum atomic E-state index is -0.372. The van der Waals surface area contributed by atoms with Crippen molar-refractivity contribution in [3.63, 3.8) is 0 Å². The van der Waals surface area contributed by atoms with Crippen molar-refractivity contribution in [3.05, 3.63) is 52.6 Å². The van der Waals surface area contributed by atoms with Crippen molar-refractivity contribution in [2.45, 2.75) is 0 Å². The Balaban J connectivity index is 2.19. The van der Waals surface area contributed by atoms with Crippen LogP contribution in [0.4, 0.5) is 10.2 Å². The zero-order chi connectivity index (χ0) is 14.1. The summed E-state index contributed by atoms with van der Waals surface area (Å²) in [7, 11) is 0. The van der Waals surface area contributed by atoms with Gasteiger partial charge in [-0.15, -0.1) is 0 Å². The average molecular weight is 271 g/mol. The highest BCUT2D eigenvalue weighted by molar-refractivity contribution is 5.86. The Labute approximate surface area is 112 Å². The third kappa shape index (κ3) is 2.05. The fraction of sp³-hybridized carbons (Fsp3) is 0. The van der Waals surface area contributed by atoms with Crippen molar-refractivity contribution in [1.82, 2.24) is 20.4 Å². The van der Waals surface area contributed by atoms with E-state index in [2.05, 4.69) is 20.4 Å². The summed E-state index contributed by atoms with van der Waals surface area (Å²) in [6, 6.07) is 8.89. The van der Waals surface area contributed by atoms with Crippen molar-refractivity contribution >= 4 is 5.82 Å². The number of nitrogens with two attached hydrogens (primary N) is 1. The quantitative estimate of drug-likeness (QED) is 0.658. The number of aromatic nitrogens is 4. The molecule has 0 bridgehead atoms. The summed E-state index contributed by atoms with van der Waals surface area (Å²) in [6.07, 6.45) is 0. The van der Waals surface area contributed by atoms with Gasteiger partial charge >= 0.3 is 0 Å². The highest BCUT2D eigenvalue weighted by atomic mass is 19.1. The van der Waals surface area contributed by atoms with Crippen LogP contribution in [-0.4, -0.2) is 20.4 Å². The van der Waals surface area contributed by atoms with Gasteiger partial charge in [-0.1, -0.05) is 12.1 Å². The van der Waals surface area contributed by atoms with Crippen LogP contribution in [0.3, 0.4) is 0 Å². The molecule has 3 aromatic rings. The second-order valence-corrected chi connectivity index (χ2v) is 4.18. The maximum Gasteiger partial charge on any atom is 0.264 e. The molecule has 0 spiro atoms. The number of nitrogens with one attached hydrogen (secondary N) is 2. The monoisotopic (exact) mass is 271 g/mol. The van der Waals surface area contributed by atoms with Gasteiger partial charge in [0.05, 0.1) is 11.3 Å². The number of nitrogen functional groups attached to an aromatic ring is 1. The van der Waals surface area contributed by atoms with Gasteiger partial charge in [-0.25, -0.2) is 9.49 Å². The molecule has 2 aromatic heterocycles. The number of hydrogen-bond acceptors (Lipinski definition) is 4. The van der Waals surface area contributed by atoms with Crippen molar-refractivity contribution in [1.29, 1.82) is 0 Å². The lowest BCUT2D eigenvalue weighted by molar-refractivity contribution is 0.628. The van der Waals surface area contributed by atoms with Gasteiger partial charge in [0.1, 0.15) is 11.5 Å². The van der Waals surface area contributed by atoms with Crippen molar-refractivity contribution < 1.29 is 4.39 Å². The van der Waals surface area contributed by atoms with E-state index in [4.69, 9.17) is 5.73 Å². The zero-order valence-corrected chi connectivity index (χ0v) is 10.2. The van der Waals surface area contributed by atoms with E-state index < -0.39 is 0 Å². The summed E-state index contributed by atoms with van der Waals surface area (Å²) in [6.45, 7) is 0. The Kier molecular flexibility index (Phi) is 2.79. The maximum atomic E-state index is 13.3. The number of nitrogens with zero attached hydrogens (tertiary/aromatic N) is 2. The van der Waals surface area contributed by atoms with Gasteiger partial charge in [0, 0.05) is 6.07 Å². The number of benzene rings is 1. The second-order valence-electron chi connectivity index (χ2n) is 4.18. The zero-order valence-electron chi connectivity index (χ0n) is 10.2. The standard InChI is InChI=1S/C13H10FN5O/c14-8-3-1-2-7(6-8)11-12(18-19-13(11)15)9-4-5-10(20)17-16-9/h1-6H,(H,17,20)(H3,15,18,19). The van der Waals surface area contributed by atoms with E-state index >= 15 is 0 Å². The first-order valence-electron chi connectivity index (χ1n) is 5.81. The molecule has 100 valence electrons. The fourth-order valence-electron chi connectivity index (χ4n) is 1.96. The SMILES string of the molecule is Nc1n[nH]c(-c2ccc(=O)[nH]n2)c1-c1cccc(F)c1. The Bertz CT molecular complexity index is 803. The third-order valence-electron chi connectivity index (χ3n) is 2.84. The highest BCUT2D eigenvalue weighted by Crippen LogP contribution is 2.33. The Morgan fingerprint density at radius 2 is 1.95 bits per heavy atom. The fourth-order valence-corrected chi connectivity index (χ4v) is 1.96. The Morgan fingerprint density at radius 1 is 1.10 bits per heavy atom. The van der Waals surface area contributed by atoms with E-state index in [0.29, 0.717) is 22.5 Å². The molecule has 20 heavy (non-hydrogen) atoms. The molecule has 6 nitrogen and oxygen atoms in total. The Morgan fingerprint density at radius 3 is 2.65 bits per heavy atom. The van der Waals surface area contributed by atoms with Crippen LogP contribution in [0.1, 0.15) is 0 Å². The summed E-state index contributed by atoms with van der Waals surface area (Å²) in [5, 5.41) is 12.9. The van der Waals surface area contributed by atoms with Gasteiger partial charge in [-0.2, -0.15) is 10.2 Å². The van der Waals surface area contributed by atoms with Crippen LogP contribution in [0.25, 0.3) is 22.5 Å². The van der Waals surface area contributed by atoms with Gasteiger partial charge in [-0.3, -0.25) is 9.89 Å². The predicted molar refractivity (Wildman–Crippen MR) is 72.2 cm³/mol. The predicted octanol–water partition coefficient (Wildman–Crippen LogP) is 1.55. The molecule has 0 radical (unpaired) electrons. The van der Waals surface area contributed by atoms with Crippen molar-refractivity contribution in [3.8, 4) is 22.5 Å². The molecule has 0 unspecified atom stereocenters. The molecule has 1 aromatic carbocycles. The van der Waals surface area contributed by atoms with E-state index in [-0.39, 0.29) is 17.2 Å². The Hall–Kier alpha value is -2.96. The molecule has 0 fully saturated rings. The smallest absolute Gasteiger partial charge is 0.264 e. The minimum Gasteiger partial charge on any atom is -0.382 e. The number of hydrogen-bond donors (Lipinski definition) is 3. The van der Waals surface area contributed by atoms with E-state index in [1.807, 2.05) is 0 Å². The highest BCUT2D eigenvalue weighted by Gasteiger charge is 2.16. The van der Waals surface area contributed by atoms with E-state index in [1.165, 1.54) is 24.3 Å². The van der Waals surface area contributed by atoms with Crippen LogP contribution in [0.5, 0.6) is 0 Å². The van der Waals surface area contributed by atoms with Crippen LogP contribution in [0, 0.1) is 5.82 Å². The lowest BCUT2D eigenvalue weighted by Gasteiger charge is -2.03. The van der Waals surface area contributed by atoms with Gasteiger partial charge in [0.2, 0.25) is 0 Å². The topological polar surface area (TPSA) is 100 Å². The van der Waals surface area contributed by atoms with E-state index in [1.54, 1.807) is 12.1 Å². The minimum absolute atomic E-state index is 0.235. The number of aromatic amines is 2. The molecule has 4 N–H and O–H groups in total. The normalized spacial score (nSPS) is 10.7. The van der Waals surface area contributed by atoms with Crippen LogP contribution in [0.2, 0.25) is 0 Å². The molecule has 0 aliphatic carbocycles. The van der Waals surface area contributed by atoms with Crippen molar-refractivity contribution in [2.24, 2.45) is 0 Å². The molecular formula is C13H10FN5O. The van der Waals surface area contributed by atoms with Crippen LogP contribution < -0.4 is 11.3 Å². The molecular weight excluding hydrogens is 261 g/mol. The molecule has 0 atom stereocenters. The van der Waals surface area contributed by atoms with E-state index in [0.717, 1.165) is 0 Å². The first-order valence-corrected chi connectivity index (χ1v) is 5.81. The number of rotatable bonds is 2. The molecule has 7 heteroatoms. The van der Waals surface area contributed by atoms with E-state index in [9.17, 15) is 9.18 Å². The summed E-state index contributed by atoms with van der Waals surface area (Å²) in [4.78, 5) is 11.0. The summed E-state index contributed by atoms with van der Waals surface area (Å²) < 4.78 is 13.3. The van der Waals surface area contributed by atoms with Gasteiger partial charge in [0.15, 0.2) is 5.82 Å². The first kappa shape index (κ1) is 12.1. The molecule has 0 aliphatic rings. The number of H-pyrrole nitrogens is 2. The number of anilines is 1. The summed E-state index contributed by atoms with van der Waals surface area (Å²) >= 11 is 0. The van der Waals surface area contributed by atoms with Crippen LogP contribution in [-0.2, 0) is 0 Å². The van der Waals surface area contributed by atoms with Crippen LogP contribution in [0.15, 0.2) is 41.2 Å². The average Bonchev–Trinajstić information content (AvgIpc) is 2.81. The molecule has 0 amide bonds. The van der Waals surface area contributed by atoms with Gasteiger partial charge in [-0.05, 0) is 23.8 Å². The van der Waals surface area contributed by atoms with Crippen LogP contribution >= 0.6 is 0 Å². The maximum absolute atomic E-state index is 13.3. The lowest BCUT2D eigenvalue weighted by Crippen LogP contribution is -2.06. The molecule has 2 heterocycles. The summed E-state index contributed by atoms with van der Waals surface area (Å²) in [5.74, 6) is -0.137.